The molecule has 0 fully saturated rings. The Labute approximate surface area is 130 Å². The number of carbonyl (C=O) groups is 1. The van der Waals surface area contributed by atoms with E-state index in [4.69, 9.17) is 0 Å². The maximum Gasteiger partial charge on any atom is 0.272 e. The van der Waals surface area contributed by atoms with Crippen LogP contribution in [0.3, 0.4) is 0 Å². The van der Waals surface area contributed by atoms with Gasteiger partial charge in [-0.25, -0.2) is 0 Å². The summed E-state index contributed by atoms with van der Waals surface area (Å²) in [4.78, 5) is 12.4. The van der Waals surface area contributed by atoms with E-state index in [1.165, 1.54) is 0 Å². The van der Waals surface area contributed by atoms with Crippen molar-refractivity contribution in [2.45, 2.75) is 0 Å². The van der Waals surface area contributed by atoms with Crippen molar-refractivity contribution in [3.63, 3.8) is 0 Å². The molecule has 1 aromatic heterocycles. The predicted molar refractivity (Wildman–Crippen MR) is 86.7 cm³/mol. The van der Waals surface area contributed by atoms with Crippen LogP contribution in [0.4, 0.5) is 5.69 Å². The zero-order valence-corrected chi connectivity index (χ0v) is 12.9. The van der Waals surface area contributed by atoms with Crippen LogP contribution in [0.1, 0.15) is 10.5 Å². The van der Waals surface area contributed by atoms with Crippen LogP contribution >= 0.6 is 15.9 Å². The van der Waals surface area contributed by atoms with Crippen LogP contribution < -0.4 is 5.32 Å². The molecule has 3 rings (SSSR count). The lowest BCUT2D eigenvalue weighted by atomic mass is 10.1. The Kier molecular flexibility index (Phi) is 3.43. The lowest BCUT2D eigenvalue weighted by Gasteiger charge is -2.10. The highest BCUT2D eigenvalue weighted by molar-refractivity contribution is 9.10. The summed E-state index contributed by atoms with van der Waals surface area (Å²) < 4.78 is 2.60. The fourth-order valence-electron chi connectivity index (χ4n) is 2.34. The van der Waals surface area contributed by atoms with Gasteiger partial charge in [0.25, 0.3) is 5.91 Å². The van der Waals surface area contributed by atoms with E-state index < -0.39 is 0 Å². The molecule has 21 heavy (non-hydrogen) atoms. The summed E-state index contributed by atoms with van der Waals surface area (Å²) in [6, 6.07) is 12.5. The van der Waals surface area contributed by atoms with Crippen LogP contribution in [0.25, 0.3) is 10.8 Å². The van der Waals surface area contributed by atoms with Gasteiger partial charge in [0.05, 0.1) is 0 Å². The SMILES string of the molecule is Cn1cc(Br)cc1C(=O)Nc1cccc2c(O)cccc12. The average Bonchev–Trinajstić information content (AvgIpc) is 2.79. The summed E-state index contributed by atoms with van der Waals surface area (Å²) >= 11 is 3.35. The van der Waals surface area contributed by atoms with E-state index in [0.29, 0.717) is 16.8 Å². The van der Waals surface area contributed by atoms with Gasteiger partial charge in [-0.15, -0.1) is 0 Å². The van der Waals surface area contributed by atoms with Gasteiger partial charge in [-0.1, -0.05) is 24.3 Å². The fraction of sp³-hybridized carbons (Fsp3) is 0.0625. The largest absolute Gasteiger partial charge is 0.507 e. The molecule has 106 valence electrons. The summed E-state index contributed by atoms with van der Waals surface area (Å²) in [5, 5.41) is 14.3. The first kappa shape index (κ1) is 13.7. The van der Waals surface area contributed by atoms with Gasteiger partial charge in [-0.2, -0.15) is 0 Å². The molecule has 0 unspecified atom stereocenters. The highest BCUT2D eigenvalue weighted by Gasteiger charge is 2.13. The highest BCUT2D eigenvalue weighted by Crippen LogP contribution is 2.30. The monoisotopic (exact) mass is 344 g/mol. The topological polar surface area (TPSA) is 54.3 Å². The molecule has 0 aliphatic carbocycles. The normalized spacial score (nSPS) is 10.8. The molecule has 4 nitrogen and oxygen atoms in total. The standard InChI is InChI=1S/C16H13BrN2O2/c1-19-9-10(17)8-14(19)16(21)18-13-6-2-5-12-11(13)4-3-7-15(12)20/h2-9,20H,1H3,(H,18,21). The third-order valence-electron chi connectivity index (χ3n) is 3.35. The molecule has 2 aromatic carbocycles. The molecule has 0 aliphatic heterocycles. The van der Waals surface area contributed by atoms with Gasteiger partial charge in [0.2, 0.25) is 0 Å². The number of halogens is 1. The molecular formula is C16H13BrN2O2. The van der Waals surface area contributed by atoms with E-state index >= 15 is 0 Å². The Hall–Kier alpha value is -2.27. The number of hydrogen-bond acceptors (Lipinski definition) is 2. The second-order valence-electron chi connectivity index (χ2n) is 4.79. The number of nitrogens with one attached hydrogen (secondary N) is 1. The van der Waals surface area contributed by atoms with Crippen molar-refractivity contribution in [3.8, 4) is 5.75 Å². The molecule has 5 heteroatoms. The zero-order chi connectivity index (χ0) is 15.0. The van der Waals surface area contributed by atoms with E-state index in [1.807, 2.05) is 31.4 Å². The molecule has 0 bridgehead atoms. The molecular weight excluding hydrogens is 332 g/mol. The van der Waals surface area contributed by atoms with E-state index in [1.54, 1.807) is 28.8 Å². The first-order chi connectivity index (χ1) is 10.1. The van der Waals surface area contributed by atoms with Crippen molar-refractivity contribution in [3.05, 3.63) is 58.8 Å². The minimum Gasteiger partial charge on any atom is -0.507 e. The number of hydrogen-bond donors (Lipinski definition) is 2. The molecule has 0 saturated carbocycles. The van der Waals surface area contributed by atoms with Crippen molar-refractivity contribution < 1.29 is 9.90 Å². The van der Waals surface area contributed by atoms with Gasteiger partial charge >= 0.3 is 0 Å². The zero-order valence-electron chi connectivity index (χ0n) is 11.3. The minimum atomic E-state index is -0.195. The van der Waals surface area contributed by atoms with Gasteiger partial charge in [0, 0.05) is 34.2 Å². The molecule has 0 saturated heterocycles. The van der Waals surface area contributed by atoms with Crippen molar-refractivity contribution in [1.82, 2.24) is 4.57 Å². The summed E-state index contributed by atoms with van der Waals surface area (Å²) in [5.41, 5.74) is 1.23. The molecule has 1 amide bonds. The summed E-state index contributed by atoms with van der Waals surface area (Å²) in [6.07, 6.45) is 1.82. The van der Waals surface area contributed by atoms with Crippen molar-refractivity contribution in [1.29, 1.82) is 0 Å². The van der Waals surface area contributed by atoms with E-state index in [-0.39, 0.29) is 11.7 Å². The van der Waals surface area contributed by atoms with Crippen molar-refractivity contribution in [2.75, 3.05) is 5.32 Å². The van der Waals surface area contributed by atoms with Gasteiger partial charge < -0.3 is 15.0 Å². The number of rotatable bonds is 2. The predicted octanol–water partition coefficient (Wildman–Crippen LogP) is 3.90. The van der Waals surface area contributed by atoms with E-state index in [9.17, 15) is 9.90 Å². The number of amides is 1. The Morgan fingerprint density at radius 3 is 2.62 bits per heavy atom. The van der Waals surface area contributed by atoms with Gasteiger partial charge in [-0.05, 0) is 34.1 Å². The van der Waals surface area contributed by atoms with Crippen LogP contribution in [0.2, 0.25) is 0 Å². The Bertz CT molecular complexity index is 839. The van der Waals surface area contributed by atoms with Crippen LogP contribution in [0.15, 0.2) is 53.1 Å². The lowest BCUT2D eigenvalue weighted by molar-refractivity contribution is 0.101. The van der Waals surface area contributed by atoms with Gasteiger partial charge in [0.1, 0.15) is 11.4 Å². The van der Waals surface area contributed by atoms with Gasteiger partial charge in [-0.3, -0.25) is 4.79 Å². The highest BCUT2D eigenvalue weighted by atomic mass is 79.9. The Balaban J connectivity index is 2.01. The summed E-state index contributed by atoms with van der Waals surface area (Å²) in [6.45, 7) is 0. The number of aromatic nitrogens is 1. The maximum absolute atomic E-state index is 12.4. The molecule has 3 aromatic rings. The smallest absolute Gasteiger partial charge is 0.272 e. The summed E-state index contributed by atoms with van der Waals surface area (Å²) in [5.74, 6) is 0.00394. The number of aromatic hydroxyl groups is 1. The van der Waals surface area contributed by atoms with Crippen LogP contribution in [-0.4, -0.2) is 15.6 Å². The first-order valence-electron chi connectivity index (χ1n) is 6.40. The number of phenolic OH excluding ortho intramolecular Hbond substituents is 1. The second-order valence-corrected chi connectivity index (χ2v) is 5.70. The first-order valence-corrected chi connectivity index (χ1v) is 7.19. The van der Waals surface area contributed by atoms with Crippen molar-refractivity contribution in [2.24, 2.45) is 7.05 Å². The molecule has 2 N–H and O–H groups in total. The molecule has 0 radical (unpaired) electrons. The lowest BCUT2D eigenvalue weighted by Crippen LogP contribution is -2.15. The third-order valence-corrected chi connectivity index (χ3v) is 3.79. The quantitative estimate of drug-likeness (QED) is 0.740. The van der Waals surface area contributed by atoms with Crippen LogP contribution in [-0.2, 0) is 7.05 Å². The average molecular weight is 345 g/mol. The third kappa shape index (κ3) is 2.52. The second kappa shape index (κ2) is 5.26. The Morgan fingerprint density at radius 1 is 1.19 bits per heavy atom. The number of phenols is 1. The summed E-state index contributed by atoms with van der Waals surface area (Å²) in [7, 11) is 1.81. The van der Waals surface area contributed by atoms with Crippen LogP contribution in [0, 0.1) is 0 Å². The number of fused-ring (bicyclic) bond motifs is 1. The number of aryl methyl sites for hydroxylation is 1. The maximum atomic E-state index is 12.4. The number of benzene rings is 2. The number of nitrogens with zero attached hydrogens (tertiary/aromatic N) is 1. The van der Waals surface area contributed by atoms with E-state index in [0.717, 1.165) is 9.86 Å². The molecule has 0 atom stereocenters. The van der Waals surface area contributed by atoms with E-state index in [2.05, 4.69) is 21.2 Å². The molecule has 0 spiro atoms. The molecule has 0 aliphatic rings. The number of anilines is 1. The van der Waals surface area contributed by atoms with Crippen molar-refractivity contribution >= 4 is 38.3 Å². The van der Waals surface area contributed by atoms with Crippen LogP contribution in [0.5, 0.6) is 5.75 Å². The number of carbonyl (C=O) groups excluding carboxylic acids is 1. The Morgan fingerprint density at radius 2 is 1.90 bits per heavy atom. The van der Waals surface area contributed by atoms with Gasteiger partial charge in [0.15, 0.2) is 0 Å². The molecule has 1 heterocycles. The minimum absolute atomic E-state index is 0.195. The fourth-order valence-corrected chi connectivity index (χ4v) is 2.86.